The van der Waals surface area contributed by atoms with Gasteiger partial charge in [-0.1, -0.05) is 30.3 Å². The summed E-state index contributed by atoms with van der Waals surface area (Å²) in [7, 11) is 1.64. The molecule has 0 aliphatic carbocycles. The lowest BCUT2D eigenvalue weighted by Gasteiger charge is -2.04. The van der Waals surface area contributed by atoms with E-state index in [0.29, 0.717) is 11.2 Å². The van der Waals surface area contributed by atoms with E-state index in [2.05, 4.69) is 4.98 Å². The first-order chi connectivity index (χ1) is 11.6. The van der Waals surface area contributed by atoms with Crippen LogP contribution >= 0.6 is 0 Å². The van der Waals surface area contributed by atoms with Crippen molar-refractivity contribution in [1.82, 2.24) is 4.98 Å². The fourth-order valence-corrected chi connectivity index (χ4v) is 2.57. The number of ether oxygens (including phenoxy) is 1. The molecule has 0 fully saturated rings. The van der Waals surface area contributed by atoms with E-state index in [4.69, 9.17) is 4.74 Å². The molecule has 0 amide bonds. The molecular formula is C19H16N2O3. The van der Waals surface area contributed by atoms with Crippen molar-refractivity contribution in [1.29, 1.82) is 0 Å². The van der Waals surface area contributed by atoms with E-state index < -0.39 is 4.92 Å². The Morgan fingerprint density at radius 1 is 1.12 bits per heavy atom. The number of rotatable bonds is 4. The molecule has 0 aliphatic rings. The van der Waals surface area contributed by atoms with Crippen molar-refractivity contribution in [2.45, 2.75) is 6.92 Å². The van der Waals surface area contributed by atoms with Crippen LogP contribution in [0.25, 0.3) is 23.1 Å². The minimum Gasteiger partial charge on any atom is -0.496 e. The molecule has 3 rings (SSSR count). The van der Waals surface area contributed by atoms with E-state index in [1.165, 1.54) is 6.07 Å². The molecule has 0 aliphatic heterocycles. The zero-order chi connectivity index (χ0) is 17.1. The van der Waals surface area contributed by atoms with E-state index >= 15 is 0 Å². The highest BCUT2D eigenvalue weighted by Crippen LogP contribution is 2.24. The van der Waals surface area contributed by atoms with Crippen molar-refractivity contribution in [2.75, 3.05) is 7.11 Å². The van der Waals surface area contributed by atoms with Gasteiger partial charge in [0.05, 0.1) is 17.7 Å². The van der Waals surface area contributed by atoms with Gasteiger partial charge in [0.25, 0.3) is 5.69 Å². The molecule has 1 heterocycles. The fraction of sp³-hybridized carbons (Fsp3) is 0.105. The normalized spacial score (nSPS) is 11.1. The second-order valence-electron chi connectivity index (χ2n) is 5.40. The van der Waals surface area contributed by atoms with Crippen molar-refractivity contribution in [3.63, 3.8) is 0 Å². The molecule has 0 saturated heterocycles. The third-order valence-electron chi connectivity index (χ3n) is 3.78. The number of aryl methyl sites for hydroxylation is 1. The SMILES string of the molecule is COc1ccc(C=Cc2ccc3cccc([N+](=O)[O-])c3n2)cc1C. The topological polar surface area (TPSA) is 65.3 Å². The van der Waals surface area contributed by atoms with Crippen LogP contribution in [0, 0.1) is 17.0 Å². The van der Waals surface area contributed by atoms with E-state index in [1.807, 2.05) is 55.5 Å². The Kier molecular flexibility index (Phi) is 4.24. The van der Waals surface area contributed by atoms with Gasteiger partial charge in [0.15, 0.2) is 0 Å². The highest BCUT2D eigenvalue weighted by molar-refractivity contribution is 5.88. The molecule has 24 heavy (non-hydrogen) atoms. The average Bonchev–Trinajstić information content (AvgIpc) is 2.59. The molecule has 0 radical (unpaired) electrons. The summed E-state index contributed by atoms with van der Waals surface area (Å²) in [5.41, 5.74) is 3.14. The maximum absolute atomic E-state index is 11.1. The zero-order valence-electron chi connectivity index (χ0n) is 13.4. The number of nitro benzene ring substituents is 1. The highest BCUT2D eigenvalue weighted by atomic mass is 16.6. The molecule has 0 bridgehead atoms. The van der Waals surface area contributed by atoms with Crippen LogP contribution in [0.1, 0.15) is 16.8 Å². The molecule has 0 N–H and O–H groups in total. The zero-order valence-corrected chi connectivity index (χ0v) is 13.4. The number of pyridine rings is 1. The quantitative estimate of drug-likeness (QED) is 0.519. The Morgan fingerprint density at radius 2 is 1.96 bits per heavy atom. The van der Waals surface area contributed by atoms with Gasteiger partial charge in [-0.3, -0.25) is 10.1 Å². The summed E-state index contributed by atoms with van der Waals surface area (Å²) in [6.45, 7) is 1.98. The Morgan fingerprint density at radius 3 is 2.67 bits per heavy atom. The number of non-ortho nitro benzene ring substituents is 1. The van der Waals surface area contributed by atoms with Gasteiger partial charge in [-0.15, -0.1) is 0 Å². The van der Waals surface area contributed by atoms with Crippen LogP contribution in [0.3, 0.4) is 0 Å². The molecule has 1 aromatic heterocycles. The molecule has 0 spiro atoms. The molecule has 0 saturated carbocycles. The van der Waals surface area contributed by atoms with Crippen LogP contribution < -0.4 is 4.74 Å². The summed E-state index contributed by atoms with van der Waals surface area (Å²) in [6, 6.07) is 14.5. The van der Waals surface area contributed by atoms with Gasteiger partial charge < -0.3 is 4.74 Å². The molecule has 5 heteroatoms. The number of methoxy groups -OCH3 is 1. The summed E-state index contributed by atoms with van der Waals surface area (Å²) in [4.78, 5) is 15.1. The average molecular weight is 320 g/mol. The van der Waals surface area contributed by atoms with Gasteiger partial charge in [-0.25, -0.2) is 4.98 Å². The maximum atomic E-state index is 11.1. The van der Waals surface area contributed by atoms with Crippen molar-refractivity contribution in [3.05, 3.63) is 75.5 Å². The number of nitrogens with zero attached hydrogens (tertiary/aromatic N) is 2. The molecule has 0 atom stereocenters. The second-order valence-corrected chi connectivity index (χ2v) is 5.40. The molecule has 120 valence electrons. The number of hydrogen-bond acceptors (Lipinski definition) is 4. The third kappa shape index (κ3) is 3.10. The predicted molar refractivity (Wildman–Crippen MR) is 95.1 cm³/mol. The minimum atomic E-state index is -0.407. The summed E-state index contributed by atoms with van der Waals surface area (Å²) in [5.74, 6) is 0.839. The summed E-state index contributed by atoms with van der Waals surface area (Å²) < 4.78 is 5.25. The van der Waals surface area contributed by atoms with E-state index in [-0.39, 0.29) is 5.69 Å². The van der Waals surface area contributed by atoms with Gasteiger partial charge in [0.2, 0.25) is 0 Å². The fourth-order valence-electron chi connectivity index (χ4n) is 2.57. The summed E-state index contributed by atoms with van der Waals surface area (Å²) in [6.07, 6.45) is 3.77. The number of para-hydroxylation sites is 1. The Balaban J connectivity index is 1.96. The Labute approximate surface area is 139 Å². The Bertz CT molecular complexity index is 948. The number of aromatic nitrogens is 1. The number of nitro groups is 1. The predicted octanol–water partition coefficient (Wildman–Crippen LogP) is 4.63. The molecule has 0 unspecified atom stereocenters. The minimum absolute atomic E-state index is 0.0167. The van der Waals surface area contributed by atoms with Gasteiger partial charge in [0, 0.05) is 11.5 Å². The van der Waals surface area contributed by atoms with E-state index in [9.17, 15) is 10.1 Å². The second kappa shape index (κ2) is 6.50. The van der Waals surface area contributed by atoms with Crippen LogP contribution in [0.5, 0.6) is 5.75 Å². The number of benzene rings is 2. The monoisotopic (exact) mass is 320 g/mol. The van der Waals surface area contributed by atoms with Crippen LogP contribution in [-0.4, -0.2) is 17.0 Å². The standard InChI is InChI=1S/C19H16N2O3/c1-13-12-14(7-11-18(13)24-2)6-9-16-10-8-15-4-3-5-17(21(22)23)19(15)20-16/h3-12H,1-2H3. The Hall–Kier alpha value is -3.21. The van der Waals surface area contributed by atoms with E-state index in [1.54, 1.807) is 13.2 Å². The molecular weight excluding hydrogens is 304 g/mol. The first-order valence-electron chi connectivity index (χ1n) is 7.45. The summed E-state index contributed by atoms with van der Waals surface area (Å²) in [5, 5.41) is 11.9. The van der Waals surface area contributed by atoms with Crippen molar-refractivity contribution >= 4 is 28.7 Å². The van der Waals surface area contributed by atoms with Gasteiger partial charge in [-0.05, 0) is 42.3 Å². The summed E-state index contributed by atoms with van der Waals surface area (Å²) >= 11 is 0. The lowest BCUT2D eigenvalue weighted by molar-refractivity contribution is -0.383. The van der Waals surface area contributed by atoms with Crippen LogP contribution in [0.4, 0.5) is 5.69 Å². The van der Waals surface area contributed by atoms with Crippen molar-refractivity contribution in [3.8, 4) is 5.75 Å². The van der Waals surface area contributed by atoms with Crippen molar-refractivity contribution in [2.24, 2.45) is 0 Å². The number of hydrogen-bond donors (Lipinski definition) is 0. The largest absolute Gasteiger partial charge is 0.496 e. The van der Waals surface area contributed by atoms with Crippen molar-refractivity contribution < 1.29 is 9.66 Å². The molecule has 3 aromatic rings. The first kappa shape index (κ1) is 15.7. The first-order valence-corrected chi connectivity index (χ1v) is 7.45. The highest BCUT2D eigenvalue weighted by Gasteiger charge is 2.12. The van der Waals surface area contributed by atoms with Crippen LogP contribution in [0.15, 0.2) is 48.5 Å². The van der Waals surface area contributed by atoms with Gasteiger partial charge in [0.1, 0.15) is 11.3 Å². The number of fused-ring (bicyclic) bond motifs is 1. The van der Waals surface area contributed by atoms with Gasteiger partial charge >= 0.3 is 0 Å². The molecule has 2 aromatic carbocycles. The van der Waals surface area contributed by atoms with Crippen LogP contribution in [-0.2, 0) is 0 Å². The van der Waals surface area contributed by atoms with E-state index in [0.717, 1.165) is 22.3 Å². The third-order valence-corrected chi connectivity index (χ3v) is 3.78. The lowest BCUT2D eigenvalue weighted by Crippen LogP contribution is -1.92. The van der Waals surface area contributed by atoms with Crippen LogP contribution in [0.2, 0.25) is 0 Å². The maximum Gasteiger partial charge on any atom is 0.295 e. The smallest absolute Gasteiger partial charge is 0.295 e. The van der Waals surface area contributed by atoms with Gasteiger partial charge in [-0.2, -0.15) is 0 Å². The lowest BCUT2D eigenvalue weighted by atomic mass is 10.1. The molecule has 5 nitrogen and oxygen atoms in total.